The Morgan fingerprint density at radius 2 is 0.982 bits per heavy atom. The predicted molar refractivity (Wildman–Crippen MR) is 241 cm³/mol. The second kappa shape index (κ2) is 13.1. The lowest BCUT2D eigenvalue weighted by Gasteiger charge is -2.27. The van der Waals surface area contributed by atoms with Gasteiger partial charge in [-0.3, -0.25) is 0 Å². The van der Waals surface area contributed by atoms with Crippen molar-refractivity contribution in [3.8, 4) is 33.4 Å². The van der Waals surface area contributed by atoms with E-state index in [1.807, 2.05) is 0 Å². The van der Waals surface area contributed by atoms with Gasteiger partial charge in [0.2, 0.25) is 0 Å². The lowest BCUT2D eigenvalue weighted by molar-refractivity contribution is 1.30. The molecule has 0 fully saturated rings. The number of nitrogens with zero attached hydrogens (tertiary/aromatic N) is 1. The summed E-state index contributed by atoms with van der Waals surface area (Å²) in [6, 6.07) is -31.7. The molecule has 0 aliphatic heterocycles. The molecule has 55 heavy (non-hydrogen) atoms. The number of hydrogen-bond donors (Lipinski definition) is 0. The molecule has 258 valence electrons. The second-order valence-corrected chi connectivity index (χ2v) is 13.6. The predicted octanol–water partition coefficient (Wildman–Crippen LogP) is 16.0. The van der Waals surface area contributed by atoms with Crippen LogP contribution in [0, 0.1) is 0 Å². The first-order valence-corrected chi connectivity index (χ1v) is 17.6. The summed E-state index contributed by atoms with van der Waals surface area (Å²) < 4.78 is 298. The number of anilines is 3. The summed E-state index contributed by atoms with van der Waals surface area (Å²) in [7, 11) is 0. The Balaban J connectivity index is 1.33. The SMILES string of the molecule is [2H]c1c([2H])c([2H])c(N(c2c([2H])c([2H])c(-c3c([2H])c([2H])c([2H])c4c([2H])c([2H])c([2H])c([2H])c34)c([2H])c2[2H])c2c([2H])c([2H])c(-c3c([2H])c([2H])c([2H])c(-c4c([2H])c([2H])c5c(sc6c([2H])c([2H])c([2H])c([2H])c65)c4[2H])c3[2H])c3sc4c([2H])c([2H])c([2H])c([2H])c4c23)c([2H])c1[2H]. The van der Waals surface area contributed by atoms with Crippen LogP contribution in [0.2, 0.25) is 0 Å². The van der Waals surface area contributed by atoms with E-state index in [1.165, 1.54) is 0 Å². The zero-order chi connectivity index (χ0) is 65.0. The first-order chi connectivity index (χ1) is 41.0. The summed E-state index contributed by atoms with van der Waals surface area (Å²) in [4.78, 5) is 0.448. The molecule has 0 spiro atoms. The highest BCUT2D eigenvalue weighted by Gasteiger charge is 2.21. The van der Waals surface area contributed by atoms with Gasteiger partial charge in [0.15, 0.2) is 0 Å². The van der Waals surface area contributed by atoms with Gasteiger partial charge in [-0.15, -0.1) is 22.7 Å². The van der Waals surface area contributed by atoms with Gasteiger partial charge in [-0.25, -0.2) is 0 Å². The molecule has 11 rings (SSSR count). The Hall–Kier alpha value is -6.52. The van der Waals surface area contributed by atoms with Crippen LogP contribution in [0.1, 0.15) is 45.2 Å². The van der Waals surface area contributed by atoms with Crippen molar-refractivity contribution in [3.05, 3.63) is 199 Å². The first-order valence-electron chi connectivity index (χ1n) is 32.5. The number of hydrogen-bond acceptors (Lipinski definition) is 3. The van der Waals surface area contributed by atoms with Gasteiger partial charge in [0, 0.05) is 51.7 Å². The van der Waals surface area contributed by atoms with Crippen LogP contribution in [0.15, 0.2) is 199 Å². The van der Waals surface area contributed by atoms with E-state index in [9.17, 15) is 21.9 Å². The minimum atomic E-state index is -1.27. The van der Waals surface area contributed by atoms with Crippen LogP contribution in [0.25, 0.3) is 84.5 Å². The van der Waals surface area contributed by atoms with Crippen molar-refractivity contribution < 1.29 is 45.2 Å². The molecule has 0 unspecified atom stereocenters. The van der Waals surface area contributed by atoms with Gasteiger partial charge in [-0.2, -0.15) is 0 Å². The van der Waals surface area contributed by atoms with Gasteiger partial charge in [0.1, 0.15) is 0 Å². The molecule has 9 aromatic carbocycles. The van der Waals surface area contributed by atoms with Crippen LogP contribution >= 0.6 is 22.7 Å². The van der Waals surface area contributed by atoms with Crippen molar-refractivity contribution in [2.24, 2.45) is 0 Å². The largest absolute Gasteiger partial charge is 0.310 e. The van der Waals surface area contributed by atoms with E-state index in [0.29, 0.717) is 27.6 Å². The van der Waals surface area contributed by atoms with Crippen molar-refractivity contribution in [2.45, 2.75) is 0 Å². The summed E-state index contributed by atoms with van der Waals surface area (Å²) in [6.45, 7) is 0. The highest BCUT2D eigenvalue weighted by Crippen LogP contribution is 2.49. The summed E-state index contributed by atoms with van der Waals surface area (Å²) in [5.74, 6) is 0. The Kier molecular flexibility index (Phi) is 3.11. The van der Waals surface area contributed by atoms with Gasteiger partial charge in [-0.05, 0) is 98.5 Å². The van der Waals surface area contributed by atoms with Crippen molar-refractivity contribution in [2.75, 3.05) is 4.90 Å². The molecule has 3 heteroatoms. The molecule has 0 aliphatic rings. The third-order valence-corrected chi connectivity index (χ3v) is 10.6. The topological polar surface area (TPSA) is 3.24 Å². The molecule has 2 aromatic heterocycles. The number of benzene rings is 9. The quantitative estimate of drug-likeness (QED) is 0.163. The third kappa shape index (κ3) is 5.43. The van der Waals surface area contributed by atoms with E-state index in [4.69, 9.17) is 23.3 Å². The normalized spacial score (nSPS) is 20.0. The Bertz CT molecular complexity index is 5080. The fourth-order valence-electron chi connectivity index (χ4n) is 6.06. The Morgan fingerprint density at radius 1 is 0.364 bits per heavy atom. The first kappa shape index (κ1) is 13.1. The molecule has 0 saturated carbocycles. The molecule has 0 atom stereocenters. The average molecular weight is 769 g/mol. The van der Waals surface area contributed by atoms with E-state index in [0.717, 1.165) is 0 Å². The standard InChI is InChI=1S/C52H33NS2/c1-2-16-39(17-3-1)53(40-27-24-35(25-28-40)42-21-11-13-34-12-4-5-18-41(34)42)47-31-30-43(52-51(47)46-20-7-9-23-49(46)55-52)38-15-10-14-36(32-38)37-26-29-45-44-19-6-8-22-48(44)54-50(45)33-37/h1-33H/i1D,2D,3D,4D,5D,6D,7D,8D,9D,10D,11D,12D,13D,14D,15D,16D,17D,18D,19D,20D,21D,22D,23D,24D,25D,26D,27D,28D,29D,30D,31D,32D,33D. The molecule has 0 radical (unpaired) electrons. The van der Waals surface area contributed by atoms with Crippen molar-refractivity contribution in [1.82, 2.24) is 0 Å². The van der Waals surface area contributed by atoms with Crippen LogP contribution in [0.5, 0.6) is 0 Å². The Morgan fingerprint density at radius 3 is 1.84 bits per heavy atom. The van der Waals surface area contributed by atoms with Gasteiger partial charge >= 0.3 is 0 Å². The minimum absolute atomic E-state index is 0.110. The molecule has 0 amide bonds. The zero-order valence-electron chi connectivity index (χ0n) is 60.3. The summed E-state index contributed by atoms with van der Waals surface area (Å²) >= 11 is 1.05. The van der Waals surface area contributed by atoms with Crippen LogP contribution in [0.4, 0.5) is 17.1 Å². The maximum Gasteiger partial charge on any atom is 0.0645 e. The lowest BCUT2D eigenvalue weighted by atomic mass is 9.96. The van der Waals surface area contributed by atoms with Gasteiger partial charge in [0.25, 0.3) is 0 Å². The average Bonchev–Trinajstić information content (AvgIpc) is 1.30. The van der Waals surface area contributed by atoms with E-state index >= 15 is 0 Å². The third-order valence-electron chi connectivity index (χ3n) is 8.45. The van der Waals surface area contributed by atoms with E-state index < -0.39 is 281 Å². The van der Waals surface area contributed by atoms with Gasteiger partial charge in [-0.1, -0.05) is 145 Å². The highest BCUT2D eigenvalue weighted by atomic mass is 32.1. The molecule has 0 N–H and O–H groups in total. The molecule has 0 bridgehead atoms. The smallest absolute Gasteiger partial charge is 0.0645 e. The van der Waals surface area contributed by atoms with Crippen LogP contribution in [-0.2, 0) is 0 Å². The summed E-state index contributed by atoms with van der Waals surface area (Å²) in [6.07, 6.45) is 0. The number of fused-ring (bicyclic) bond motifs is 7. The zero-order valence-corrected chi connectivity index (χ0v) is 28.9. The van der Waals surface area contributed by atoms with Crippen LogP contribution in [-0.4, -0.2) is 0 Å². The van der Waals surface area contributed by atoms with E-state index in [2.05, 4.69) is 0 Å². The molecular formula is C52H33NS2. The van der Waals surface area contributed by atoms with Crippen LogP contribution < -0.4 is 4.90 Å². The summed E-state index contributed by atoms with van der Waals surface area (Å²) in [5.41, 5.74) is -7.92. The van der Waals surface area contributed by atoms with E-state index in [1.54, 1.807) is 0 Å². The molecule has 1 nitrogen and oxygen atoms in total. The highest BCUT2D eigenvalue weighted by molar-refractivity contribution is 7.26. The van der Waals surface area contributed by atoms with Crippen molar-refractivity contribution >= 4 is 90.9 Å². The minimum Gasteiger partial charge on any atom is -0.310 e. The fourth-order valence-corrected chi connectivity index (χ4v) is 8.14. The van der Waals surface area contributed by atoms with Crippen LogP contribution in [0.3, 0.4) is 0 Å². The summed E-state index contributed by atoms with van der Waals surface area (Å²) in [5, 5.41) is -3.02. The molecule has 0 saturated heterocycles. The Labute approximate surface area is 374 Å². The second-order valence-electron chi connectivity index (χ2n) is 11.5. The molecule has 0 aliphatic carbocycles. The maximum absolute atomic E-state index is 10.1. The fraction of sp³-hybridized carbons (Fsp3) is 0. The lowest BCUT2D eigenvalue weighted by Crippen LogP contribution is -2.10. The van der Waals surface area contributed by atoms with Crippen molar-refractivity contribution in [3.63, 3.8) is 0 Å². The van der Waals surface area contributed by atoms with Crippen molar-refractivity contribution in [1.29, 1.82) is 0 Å². The monoisotopic (exact) mass is 768 g/mol. The number of thiophene rings is 2. The molecule has 2 heterocycles. The number of rotatable bonds is 6. The van der Waals surface area contributed by atoms with E-state index in [-0.39, 0.29) is 20.2 Å². The maximum atomic E-state index is 10.1. The van der Waals surface area contributed by atoms with Gasteiger partial charge in [0.05, 0.1) is 50.9 Å². The molecular weight excluding hydrogens is 703 g/mol. The van der Waals surface area contributed by atoms with Gasteiger partial charge < -0.3 is 4.90 Å². The number of para-hydroxylation sites is 1. The molecule has 11 aromatic rings.